The number of benzene rings is 2. The number of halogens is 1. The van der Waals surface area contributed by atoms with Crippen molar-refractivity contribution in [2.24, 2.45) is 0 Å². The highest BCUT2D eigenvalue weighted by Crippen LogP contribution is 2.27. The molecular weight excluding hydrogens is 315 g/mol. The first-order valence-corrected chi connectivity index (χ1v) is 8.75. The minimum atomic E-state index is -0.562. The predicted molar refractivity (Wildman–Crippen MR) is 99.4 cm³/mol. The van der Waals surface area contributed by atoms with Gasteiger partial charge in [0.25, 0.3) is 0 Å². The summed E-state index contributed by atoms with van der Waals surface area (Å²) in [6.07, 6.45) is 0. The summed E-state index contributed by atoms with van der Waals surface area (Å²) in [4.78, 5) is 17.0. The van der Waals surface area contributed by atoms with Crippen molar-refractivity contribution in [1.82, 2.24) is 4.90 Å². The Balaban J connectivity index is 1.69. The molecule has 3 nitrogen and oxygen atoms in total. The van der Waals surface area contributed by atoms with Gasteiger partial charge in [-0.05, 0) is 38.5 Å². The average molecular weight is 340 g/mol. The van der Waals surface area contributed by atoms with Crippen LogP contribution in [0.15, 0.2) is 48.5 Å². The Morgan fingerprint density at radius 1 is 0.960 bits per heavy atom. The van der Waals surface area contributed by atoms with E-state index < -0.39 is 5.41 Å². The fourth-order valence-electron chi connectivity index (χ4n) is 3.35. The van der Waals surface area contributed by atoms with Crippen LogP contribution in [0.4, 0.5) is 10.1 Å². The maximum absolute atomic E-state index is 14.0. The quantitative estimate of drug-likeness (QED) is 0.849. The lowest BCUT2D eigenvalue weighted by molar-refractivity contribution is -0.136. The lowest BCUT2D eigenvalue weighted by atomic mass is 9.82. The number of hydrogen-bond acceptors (Lipinski definition) is 2. The highest BCUT2D eigenvalue weighted by molar-refractivity contribution is 5.87. The second-order valence-corrected chi connectivity index (χ2v) is 7.22. The molecule has 4 heteroatoms. The number of aryl methyl sites for hydroxylation is 1. The van der Waals surface area contributed by atoms with Crippen LogP contribution in [0.3, 0.4) is 0 Å². The molecule has 0 saturated carbocycles. The van der Waals surface area contributed by atoms with Crippen LogP contribution in [0, 0.1) is 12.7 Å². The molecule has 0 radical (unpaired) electrons. The number of anilines is 1. The van der Waals surface area contributed by atoms with E-state index in [0.29, 0.717) is 31.9 Å². The first-order chi connectivity index (χ1) is 11.9. The van der Waals surface area contributed by atoms with Gasteiger partial charge in [0.1, 0.15) is 5.82 Å². The molecule has 132 valence electrons. The maximum atomic E-state index is 14.0. The molecule has 2 aromatic carbocycles. The Morgan fingerprint density at radius 2 is 1.56 bits per heavy atom. The average Bonchev–Trinajstić information content (AvgIpc) is 2.62. The number of para-hydroxylation sites is 1. The summed E-state index contributed by atoms with van der Waals surface area (Å²) in [6.45, 7) is 8.52. The number of nitrogens with zero attached hydrogens (tertiary/aromatic N) is 2. The molecule has 1 amide bonds. The molecule has 0 spiro atoms. The number of rotatable bonds is 3. The van der Waals surface area contributed by atoms with Gasteiger partial charge in [-0.25, -0.2) is 4.39 Å². The zero-order chi connectivity index (χ0) is 18.0. The lowest BCUT2D eigenvalue weighted by Gasteiger charge is -2.39. The largest absolute Gasteiger partial charge is 0.366 e. The summed E-state index contributed by atoms with van der Waals surface area (Å²) in [6, 6.07) is 15.0. The van der Waals surface area contributed by atoms with Gasteiger partial charge in [0.05, 0.1) is 11.1 Å². The summed E-state index contributed by atoms with van der Waals surface area (Å²) < 4.78 is 14.0. The first kappa shape index (κ1) is 17.5. The van der Waals surface area contributed by atoms with Crippen molar-refractivity contribution in [3.8, 4) is 0 Å². The van der Waals surface area contributed by atoms with Gasteiger partial charge in [-0.2, -0.15) is 0 Å². The summed E-state index contributed by atoms with van der Waals surface area (Å²) in [7, 11) is 0. The standard InChI is InChI=1S/C21H25FN2O/c1-16-8-10-17(11-9-16)21(2,3)20(25)24-14-12-23(13-15-24)19-7-5-4-6-18(19)22/h4-11H,12-15H2,1-3H3. The van der Waals surface area contributed by atoms with Crippen molar-refractivity contribution in [3.63, 3.8) is 0 Å². The van der Waals surface area contributed by atoms with Crippen LogP contribution >= 0.6 is 0 Å². The van der Waals surface area contributed by atoms with Crippen molar-refractivity contribution >= 4 is 11.6 Å². The molecule has 1 aliphatic heterocycles. The molecule has 0 unspecified atom stereocenters. The van der Waals surface area contributed by atoms with Gasteiger partial charge in [0, 0.05) is 26.2 Å². The fraction of sp³-hybridized carbons (Fsp3) is 0.381. The van der Waals surface area contributed by atoms with E-state index in [1.165, 1.54) is 11.6 Å². The maximum Gasteiger partial charge on any atom is 0.232 e. The molecule has 0 aromatic heterocycles. The number of carbonyl (C=O) groups excluding carboxylic acids is 1. The minimum absolute atomic E-state index is 0.129. The van der Waals surface area contributed by atoms with Gasteiger partial charge in [0.15, 0.2) is 0 Å². The third-order valence-corrected chi connectivity index (χ3v) is 5.07. The van der Waals surface area contributed by atoms with Crippen LogP contribution in [0.2, 0.25) is 0 Å². The first-order valence-electron chi connectivity index (χ1n) is 8.75. The van der Waals surface area contributed by atoms with Crippen LogP contribution in [0.5, 0.6) is 0 Å². The number of carbonyl (C=O) groups is 1. The number of piperazine rings is 1. The van der Waals surface area contributed by atoms with Crippen LogP contribution in [0.25, 0.3) is 0 Å². The molecule has 1 fully saturated rings. The Morgan fingerprint density at radius 3 is 2.16 bits per heavy atom. The topological polar surface area (TPSA) is 23.6 Å². The summed E-state index contributed by atoms with van der Waals surface area (Å²) >= 11 is 0. The summed E-state index contributed by atoms with van der Waals surface area (Å²) in [5.41, 5.74) is 2.27. The van der Waals surface area contributed by atoms with Gasteiger partial charge in [0.2, 0.25) is 5.91 Å². The summed E-state index contributed by atoms with van der Waals surface area (Å²) in [5, 5.41) is 0. The Labute approximate surface area is 149 Å². The third kappa shape index (κ3) is 3.53. The Hall–Kier alpha value is -2.36. The van der Waals surface area contributed by atoms with E-state index in [4.69, 9.17) is 0 Å². The van der Waals surface area contributed by atoms with Crippen LogP contribution < -0.4 is 4.90 Å². The van der Waals surface area contributed by atoms with Crippen molar-refractivity contribution in [2.45, 2.75) is 26.2 Å². The van der Waals surface area contributed by atoms with E-state index in [9.17, 15) is 9.18 Å². The molecule has 3 rings (SSSR count). The molecule has 1 aliphatic rings. The predicted octanol–water partition coefficient (Wildman–Crippen LogP) is 3.76. The smallest absolute Gasteiger partial charge is 0.232 e. The molecule has 1 saturated heterocycles. The second kappa shape index (κ2) is 6.87. The normalized spacial score (nSPS) is 15.4. The van der Waals surface area contributed by atoms with Crippen LogP contribution in [-0.2, 0) is 10.2 Å². The van der Waals surface area contributed by atoms with Gasteiger partial charge in [-0.3, -0.25) is 4.79 Å². The monoisotopic (exact) mass is 340 g/mol. The van der Waals surface area contributed by atoms with E-state index in [1.807, 2.05) is 60.9 Å². The number of hydrogen-bond donors (Lipinski definition) is 0. The molecule has 2 aromatic rings. The zero-order valence-electron chi connectivity index (χ0n) is 15.1. The Bertz CT molecular complexity index is 747. The van der Waals surface area contributed by atoms with Crippen molar-refractivity contribution in [2.75, 3.05) is 31.1 Å². The number of amides is 1. The lowest BCUT2D eigenvalue weighted by Crippen LogP contribution is -2.53. The highest BCUT2D eigenvalue weighted by atomic mass is 19.1. The van der Waals surface area contributed by atoms with E-state index >= 15 is 0 Å². The van der Waals surface area contributed by atoms with Crippen molar-refractivity contribution in [1.29, 1.82) is 0 Å². The van der Waals surface area contributed by atoms with Crippen molar-refractivity contribution < 1.29 is 9.18 Å². The Kier molecular flexibility index (Phi) is 4.80. The van der Waals surface area contributed by atoms with Gasteiger partial charge in [-0.15, -0.1) is 0 Å². The van der Waals surface area contributed by atoms with Gasteiger partial charge in [-0.1, -0.05) is 42.0 Å². The SMILES string of the molecule is Cc1ccc(C(C)(C)C(=O)N2CCN(c3ccccc3F)CC2)cc1. The molecule has 1 heterocycles. The van der Waals surface area contributed by atoms with E-state index in [-0.39, 0.29) is 11.7 Å². The van der Waals surface area contributed by atoms with E-state index in [2.05, 4.69) is 0 Å². The molecular formula is C21H25FN2O. The molecule has 0 atom stereocenters. The van der Waals surface area contributed by atoms with Gasteiger partial charge >= 0.3 is 0 Å². The van der Waals surface area contributed by atoms with Crippen LogP contribution in [-0.4, -0.2) is 37.0 Å². The molecule has 0 aliphatic carbocycles. The second-order valence-electron chi connectivity index (χ2n) is 7.22. The zero-order valence-corrected chi connectivity index (χ0v) is 15.1. The molecule has 0 bridgehead atoms. The fourth-order valence-corrected chi connectivity index (χ4v) is 3.35. The highest BCUT2D eigenvalue weighted by Gasteiger charge is 2.35. The van der Waals surface area contributed by atoms with Crippen molar-refractivity contribution in [3.05, 3.63) is 65.5 Å². The third-order valence-electron chi connectivity index (χ3n) is 5.07. The molecule has 25 heavy (non-hydrogen) atoms. The van der Waals surface area contributed by atoms with Gasteiger partial charge < -0.3 is 9.80 Å². The van der Waals surface area contributed by atoms with E-state index in [1.54, 1.807) is 12.1 Å². The minimum Gasteiger partial charge on any atom is -0.366 e. The van der Waals surface area contributed by atoms with Crippen LogP contribution in [0.1, 0.15) is 25.0 Å². The van der Waals surface area contributed by atoms with E-state index in [0.717, 1.165) is 5.56 Å². The molecule has 0 N–H and O–H groups in total. The summed E-state index contributed by atoms with van der Waals surface area (Å²) in [5.74, 6) is -0.0770.